The Kier molecular flexibility index (Phi) is 13.9. The third-order valence-corrected chi connectivity index (χ3v) is 2.48. The Labute approximate surface area is 106 Å². The largest absolute Gasteiger partial charge is 0.303 e. The van der Waals surface area contributed by atoms with Crippen LogP contribution in [0.5, 0.6) is 0 Å². The van der Waals surface area contributed by atoms with Gasteiger partial charge >= 0.3 is 0 Å². The molecule has 1 heteroatoms. The Morgan fingerprint density at radius 3 is 2.12 bits per heavy atom. The molecule has 0 aromatic heterocycles. The first-order valence-corrected chi connectivity index (χ1v) is 6.82. The van der Waals surface area contributed by atoms with Gasteiger partial charge in [-0.3, -0.25) is 0 Å². The van der Waals surface area contributed by atoms with Crippen LogP contribution in [-0.4, -0.2) is 6.29 Å². The van der Waals surface area contributed by atoms with E-state index in [1.165, 1.54) is 12.8 Å². The van der Waals surface area contributed by atoms with E-state index in [0.29, 0.717) is 0 Å². The zero-order valence-electron chi connectivity index (χ0n) is 11.1. The lowest BCUT2D eigenvalue weighted by Gasteiger charge is -1.93. The molecule has 0 N–H and O–H groups in total. The van der Waals surface area contributed by atoms with Gasteiger partial charge in [-0.2, -0.15) is 0 Å². The number of hydrogen-bond donors (Lipinski definition) is 0. The number of allylic oxidation sites excluding steroid dienone is 6. The van der Waals surface area contributed by atoms with E-state index in [9.17, 15) is 4.79 Å². The highest BCUT2D eigenvalue weighted by Gasteiger charge is 1.86. The normalized spacial score (nSPS) is 12.1. The lowest BCUT2D eigenvalue weighted by molar-refractivity contribution is -0.107. The van der Waals surface area contributed by atoms with Crippen molar-refractivity contribution in [3.8, 4) is 0 Å². The summed E-state index contributed by atoms with van der Waals surface area (Å²) >= 11 is 0. The van der Waals surface area contributed by atoms with E-state index in [1.807, 2.05) is 0 Å². The van der Waals surface area contributed by atoms with Crippen LogP contribution in [0.3, 0.4) is 0 Å². The first-order chi connectivity index (χ1) is 8.41. The fourth-order valence-electron chi connectivity index (χ4n) is 1.48. The maximum absolute atomic E-state index is 10.1. The van der Waals surface area contributed by atoms with Gasteiger partial charge in [0.25, 0.3) is 0 Å². The predicted octanol–water partition coefficient (Wildman–Crippen LogP) is 4.99. The van der Waals surface area contributed by atoms with E-state index in [1.54, 1.807) is 0 Å². The van der Waals surface area contributed by atoms with E-state index >= 15 is 0 Å². The maximum Gasteiger partial charge on any atom is 0.119 e. The Morgan fingerprint density at radius 2 is 1.35 bits per heavy atom. The third kappa shape index (κ3) is 14.9. The quantitative estimate of drug-likeness (QED) is 0.213. The topological polar surface area (TPSA) is 17.1 Å². The Hall–Kier alpha value is -1.11. The minimum absolute atomic E-state index is 0.722. The van der Waals surface area contributed by atoms with E-state index in [-0.39, 0.29) is 0 Å². The first-order valence-electron chi connectivity index (χ1n) is 6.82. The SMILES string of the molecule is CC/C=C/C=C/CC/C=C\CCCCCC=O. The van der Waals surface area contributed by atoms with Gasteiger partial charge in [-0.05, 0) is 38.5 Å². The Bertz CT molecular complexity index is 236. The van der Waals surface area contributed by atoms with Gasteiger partial charge < -0.3 is 4.79 Å². The number of unbranched alkanes of at least 4 members (excludes halogenated alkanes) is 5. The molecule has 0 aliphatic heterocycles. The van der Waals surface area contributed by atoms with Gasteiger partial charge in [-0.25, -0.2) is 0 Å². The van der Waals surface area contributed by atoms with Crippen LogP contribution in [0.15, 0.2) is 36.5 Å². The minimum Gasteiger partial charge on any atom is -0.303 e. The summed E-state index contributed by atoms with van der Waals surface area (Å²) in [6.45, 7) is 2.14. The molecule has 0 heterocycles. The predicted molar refractivity (Wildman–Crippen MR) is 76.1 cm³/mol. The van der Waals surface area contributed by atoms with Crippen LogP contribution in [0.25, 0.3) is 0 Å². The van der Waals surface area contributed by atoms with Crippen LogP contribution >= 0.6 is 0 Å². The summed E-state index contributed by atoms with van der Waals surface area (Å²) in [5.41, 5.74) is 0. The molecular formula is C16H26O. The summed E-state index contributed by atoms with van der Waals surface area (Å²) in [6, 6.07) is 0. The van der Waals surface area contributed by atoms with Crippen LogP contribution in [-0.2, 0) is 4.79 Å². The molecule has 0 saturated heterocycles. The van der Waals surface area contributed by atoms with Gasteiger partial charge in [0.05, 0.1) is 0 Å². The van der Waals surface area contributed by atoms with Crippen molar-refractivity contribution in [3.05, 3.63) is 36.5 Å². The smallest absolute Gasteiger partial charge is 0.119 e. The van der Waals surface area contributed by atoms with Crippen molar-refractivity contribution < 1.29 is 4.79 Å². The zero-order valence-corrected chi connectivity index (χ0v) is 11.1. The van der Waals surface area contributed by atoms with Crippen LogP contribution in [0, 0.1) is 0 Å². The van der Waals surface area contributed by atoms with Crippen molar-refractivity contribution >= 4 is 6.29 Å². The summed E-state index contributed by atoms with van der Waals surface area (Å²) < 4.78 is 0. The zero-order chi connectivity index (χ0) is 12.6. The number of hydrogen-bond acceptors (Lipinski definition) is 1. The Morgan fingerprint density at radius 1 is 0.706 bits per heavy atom. The molecular weight excluding hydrogens is 208 g/mol. The van der Waals surface area contributed by atoms with Crippen LogP contribution in [0.4, 0.5) is 0 Å². The molecule has 0 spiro atoms. The summed E-state index contributed by atoms with van der Waals surface area (Å²) in [5.74, 6) is 0. The number of aldehydes is 1. The van der Waals surface area contributed by atoms with Crippen molar-refractivity contribution in [1.29, 1.82) is 0 Å². The van der Waals surface area contributed by atoms with Gasteiger partial charge in [-0.1, -0.05) is 49.8 Å². The molecule has 0 aromatic carbocycles. The summed E-state index contributed by atoms with van der Waals surface area (Å²) in [6.07, 6.45) is 22.8. The van der Waals surface area contributed by atoms with Gasteiger partial charge in [0.2, 0.25) is 0 Å². The van der Waals surface area contributed by atoms with Gasteiger partial charge in [-0.15, -0.1) is 0 Å². The third-order valence-electron chi connectivity index (χ3n) is 2.48. The molecule has 0 unspecified atom stereocenters. The fourth-order valence-corrected chi connectivity index (χ4v) is 1.48. The lowest BCUT2D eigenvalue weighted by Crippen LogP contribution is -1.77. The highest BCUT2D eigenvalue weighted by atomic mass is 16.1. The second-order valence-electron chi connectivity index (χ2n) is 4.12. The van der Waals surface area contributed by atoms with Crippen LogP contribution in [0.1, 0.15) is 58.3 Å². The first kappa shape index (κ1) is 15.9. The van der Waals surface area contributed by atoms with E-state index in [2.05, 4.69) is 43.4 Å². The van der Waals surface area contributed by atoms with E-state index in [0.717, 1.165) is 44.8 Å². The van der Waals surface area contributed by atoms with E-state index < -0.39 is 0 Å². The molecule has 0 aliphatic carbocycles. The second kappa shape index (κ2) is 14.9. The standard InChI is InChI=1S/C16H26O/c1-2-3-4-5-6-7-8-9-10-11-12-13-14-15-16-17/h3-6,9-10,16H,2,7-8,11-15H2,1H3/b4-3+,6-5+,10-9-. The van der Waals surface area contributed by atoms with Crippen molar-refractivity contribution in [2.24, 2.45) is 0 Å². The van der Waals surface area contributed by atoms with Crippen molar-refractivity contribution in [2.75, 3.05) is 0 Å². The summed E-state index contributed by atoms with van der Waals surface area (Å²) in [4.78, 5) is 10.1. The molecule has 0 aliphatic rings. The van der Waals surface area contributed by atoms with Gasteiger partial charge in [0.1, 0.15) is 6.29 Å². The van der Waals surface area contributed by atoms with Crippen molar-refractivity contribution in [3.63, 3.8) is 0 Å². The second-order valence-corrected chi connectivity index (χ2v) is 4.12. The molecule has 0 amide bonds. The molecule has 0 aromatic rings. The van der Waals surface area contributed by atoms with Crippen molar-refractivity contribution in [2.45, 2.75) is 58.3 Å². The van der Waals surface area contributed by atoms with Crippen molar-refractivity contribution in [1.82, 2.24) is 0 Å². The molecule has 0 radical (unpaired) electrons. The molecule has 0 atom stereocenters. The minimum atomic E-state index is 0.722. The van der Waals surface area contributed by atoms with E-state index in [4.69, 9.17) is 0 Å². The molecule has 96 valence electrons. The average Bonchev–Trinajstić information content (AvgIpc) is 2.35. The Balaban J connectivity index is 3.22. The monoisotopic (exact) mass is 234 g/mol. The molecule has 1 nitrogen and oxygen atoms in total. The fraction of sp³-hybridized carbons (Fsp3) is 0.562. The molecule has 17 heavy (non-hydrogen) atoms. The van der Waals surface area contributed by atoms with Crippen LogP contribution < -0.4 is 0 Å². The molecule has 0 rings (SSSR count). The maximum atomic E-state index is 10.1. The molecule has 0 fully saturated rings. The van der Waals surface area contributed by atoms with Crippen LogP contribution in [0.2, 0.25) is 0 Å². The number of carbonyl (C=O) groups is 1. The highest BCUT2D eigenvalue weighted by Crippen LogP contribution is 2.03. The molecule has 0 saturated carbocycles. The lowest BCUT2D eigenvalue weighted by atomic mass is 10.1. The highest BCUT2D eigenvalue weighted by molar-refractivity contribution is 5.48. The number of rotatable bonds is 11. The van der Waals surface area contributed by atoms with Gasteiger partial charge in [0.15, 0.2) is 0 Å². The summed E-state index contributed by atoms with van der Waals surface area (Å²) in [7, 11) is 0. The summed E-state index contributed by atoms with van der Waals surface area (Å²) in [5, 5.41) is 0. The van der Waals surface area contributed by atoms with Gasteiger partial charge in [0, 0.05) is 6.42 Å². The molecule has 0 bridgehead atoms. The average molecular weight is 234 g/mol. The number of carbonyl (C=O) groups excluding carboxylic acids is 1.